The minimum atomic E-state index is -0.234. The third kappa shape index (κ3) is 5.80. The summed E-state index contributed by atoms with van der Waals surface area (Å²) in [5, 5.41) is 2.98. The third-order valence-corrected chi connectivity index (χ3v) is 5.31. The molecule has 0 spiro atoms. The van der Waals surface area contributed by atoms with Crippen molar-refractivity contribution in [3.8, 4) is 0 Å². The molecular weight excluding hydrogens is 379 g/mol. The highest BCUT2D eigenvalue weighted by molar-refractivity contribution is 5.91. The first-order chi connectivity index (χ1) is 14.2. The summed E-state index contributed by atoms with van der Waals surface area (Å²) in [4.78, 5) is 13.9. The van der Waals surface area contributed by atoms with Gasteiger partial charge in [-0.2, -0.15) is 0 Å². The van der Waals surface area contributed by atoms with Crippen molar-refractivity contribution >= 4 is 5.91 Å². The highest BCUT2D eigenvalue weighted by atomic mass is 19.1. The second-order valence-corrected chi connectivity index (χ2v) is 8.71. The van der Waals surface area contributed by atoms with Crippen molar-refractivity contribution in [1.29, 1.82) is 0 Å². The van der Waals surface area contributed by atoms with Gasteiger partial charge in [0.2, 0.25) is 0 Å². The summed E-state index contributed by atoms with van der Waals surface area (Å²) < 4.78 is 19.1. The molecule has 0 aliphatic carbocycles. The molecule has 4 nitrogen and oxygen atoms in total. The van der Waals surface area contributed by atoms with E-state index in [0.29, 0.717) is 12.3 Å². The Morgan fingerprint density at radius 3 is 2.30 bits per heavy atom. The maximum atomic E-state index is 13.2. The van der Waals surface area contributed by atoms with Crippen molar-refractivity contribution in [3.05, 3.63) is 95.2 Å². The fourth-order valence-corrected chi connectivity index (χ4v) is 3.34. The molecule has 3 aromatic rings. The van der Waals surface area contributed by atoms with E-state index in [1.54, 1.807) is 6.07 Å². The van der Waals surface area contributed by atoms with Crippen LogP contribution in [0, 0.1) is 5.82 Å². The third-order valence-electron chi connectivity index (χ3n) is 5.31. The van der Waals surface area contributed by atoms with Crippen molar-refractivity contribution in [2.24, 2.45) is 0 Å². The lowest BCUT2D eigenvalue weighted by molar-refractivity contribution is -0.973. The SMILES string of the molecule is C[C@@H](NC(=O)c1ccc(C[NH+](Cc2ccc(F)cc2)C(C)(C)C)o1)c1ccccc1. The van der Waals surface area contributed by atoms with Gasteiger partial charge < -0.3 is 14.6 Å². The van der Waals surface area contributed by atoms with Crippen LogP contribution in [0.2, 0.25) is 0 Å². The molecule has 1 unspecified atom stereocenters. The van der Waals surface area contributed by atoms with Gasteiger partial charge in [-0.3, -0.25) is 4.79 Å². The van der Waals surface area contributed by atoms with E-state index in [9.17, 15) is 9.18 Å². The van der Waals surface area contributed by atoms with E-state index in [1.807, 2.05) is 55.5 Å². The van der Waals surface area contributed by atoms with E-state index < -0.39 is 0 Å². The van der Waals surface area contributed by atoms with Gasteiger partial charge in [0.25, 0.3) is 5.91 Å². The molecule has 5 heteroatoms. The van der Waals surface area contributed by atoms with Crippen LogP contribution < -0.4 is 10.2 Å². The lowest BCUT2D eigenvalue weighted by Gasteiger charge is -2.31. The van der Waals surface area contributed by atoms with Crippen LogP contribution in [0.25, 0.3) is 0 Å². The molecule has 0 radical (unpaired) electrons. The molecule has 0 aliphatic rings. The lowest BCUT2D eigenvalue weighted by atomic mass is 10.0. The van der Waals surface area contributed by atoms with Gasteiger partial charge in [-0.1, -0.05) is 42.5 Å². The van der Waals surface area contributed by atoms with Gasteiger partial charge in [-0.05, 0) is 57.5 Å². The Hall–Kier alpha value is -2.92. The molecule has 1 amide bonds. The zero-order valence-electron chi connectivity index (χ0n) is 18.0. The van der Waals surface area contributed by atoms with Crippen LogP contribution in [0.1, 0.15) is 61.2 Å². The van der Waals surface area contributed by atoms with E-state index in [1.165, 1.54) is 17.0 Å². The molecule has 2 atom stereocenters. The summed E-state index contributed by atoms with van der Waals surface area (Å²) in [6.45, 7) is 9.78. The fourth-order valence-electron chi connectivity index (χ4n) is 3.34. The van der Waals surface area contributed by atoms with Crippen LogP contribution in [0.4, 0.5) is 4.39 Å². The standard InChI is InChI=1S/C25H29FN2O2/c1-18(20-8-6-5-7-9-20)27-24(29)23-15-14-22(30-23)17-28(25(2,3)4)16-19-10-12-21(26)13-11-19/h5-15,18H,16-17H2,1-4H3,(H,27,29)/p+1/t18-/m1/s1. The highest BCUT2D eigenvalue weighted by Crippen LogP contribution is 2.14. The Balaban J connectivity index is 1.67. The number of benzene rings is 2. The maximum Gasteiger partial charge on any atom is 0.287 e. The van der Waals surface area contributed by atoms with Crippen molar-refractivity contribution in [2.75, 3.05) is 0 Å². The average molecular weight is 410 g/mol. The average Bonchev–Trinajstić information content (AvgIpc) is 3.18. The van der Waals surface area contributed by atoms with Crippen LogP contribution in [-0.2, 0) is 13.1 Å². The van der Waals surface area contributed by atoms with Gasteiger partial charge in [-0.15, -0.1) is 0 Å². The molecule has 158 valence electrons. The molecule has 1 aromatic heterocycles. The van der Waals surface area contributed by atoms with Crippen LogP contribution in [0.15, 0.2) is 71.1 Å². The van der Waals surface area contributed by atoms with Crippen molar-refractivity contribution in [3.63, 3.8) is 0 Å². The van der Waals surface area contributed by atoms with Crippen LogP contribution in [0.5, 0.6) is 0 Å². The van der Waals surface area contributed by atoms with Crippen LogP contribution in [0.3, 0.4) is 0 Å². The number of amides is 1. The van der Waals surface area contributed by atoms with Crippen molar-refractivity contribution in [2.45, 2.75) is 52.4 Å². The molecule has 2 aromatic carbocycles. The number of nitrogens with one attached hydrogen (secondary N) is 2. The quantitative estimate of drug-likeness (QED) is 0.611. The maximum absolute atomic E-state index is 13.2. The van der Waals surface area contributed by atoms with Gasteiger partial charge in [0.1, 0.15) is 18.9 Å². The number of carbonyl (C=O) groups is 1. The molecule has 0 bridgehead atoms. The topological polar surface area (TPSA) is 46.7 Å². The van der Waals surface area contributed by atoms with Gasteiger partial charge >= 0.3 is 0 Å². The molecule has 0 fully saturated rings. The lowest BCUT2D eigenvalue weighted by Crippen LogP contribution is -3.16. The summed E-state index contributed by atoms with van der Waals surface area (Å²) in [6.07, 6.45) is 0. The second-order valence-electron chi connectivity index (χ2n) is 8.71. The monoisotopic (exact) mass is 409 g/mol. The van der Waals surface area contributed by atoms with Gasteiger partial charge in [0, 0.05) is 5.56 Å². The van der Waals surface area contributed by atoms with E-state index in [0.717, 1.165) is 23.4 Å². The zero-order chi connectivity index (χ0) is 21.7. The Morgan fingerprint density at radius 2 is 1.67 bits per heavy atom. The molecule has 2 N–H and O–H groups in total. The van der Waals surface area contributed by atoms with E-state index in [-0.39, 0.29) is 23.3 Å². The number of halogens is 1. The molecule has 3 rings (SSSR count). The van der Waals surface area contributed by atoms with Crippen molar-refractivity contribution < 1.29 is 18.5 Å². The Labute approximate surface area is 177 Å². The number of hydrogen-bond acceptors (Lipinski definition) is 2. The summed E-state index contributed by atoms with van der Waals surface area (Å²) in [7, 11) is 0. The molecule has 0 saturated carbocycles. The summed E-state index contributed by atoms with van der Waals surface area (Å²) in [6, 6.07) is 19.9. The van der Waals surface area contributed by atoms with Gasteiger partial charge in [0.05, 0.1) is 11.6 Å². The predicted octanol–water partition coefficient (Wildman–Crippen LogP) is 4.29. The predicted molar refractivity (Wildman–Crippen MR) is 116 cm³/mol. The first-order valence-corrected chi connectivity index (χ1v) is 10.3. The first-order valence-electron chi connectivity index (χ1n) is 10.3. The highest BCUT2D eigenvalue weighted by Gasteiger charge is 2.27. The zero-order valence-corrected chi connectivity index (χ0v) is 18.0. The summed E-state index contributed by atoms with van der Waals surface area (Å²) >= 11 is 0. The van der Waals surface area contributed by atoms with Crippen LogP contribution in [-0.4, -0.2) is 11.4 Å². The molecule has 0 aliphatic heterocycles. The minimum absolute atomic E-state index is 0.0502. The number of hydrogen-bond donors (Lipinski definition) is 2. The Morgan fingerprint density at radius 1 is 1.00 bits per heavy atom. The normalized spacial score (nSPS) is 13.6. The second kappa shape index (κ2) is 9.26. The molecule has 0 saturated heterocycles. The van der Waals surface area contributed by atoms with E-state index in [2.05, 4.69) is 26.1 Å². The molecular formula is C25H30FN2O2+. The number of rotatable bonds is 7. The van der Waals surface area contributed by atoms with Crippen molar-refractivity contribution in [1.82, 2.24) is 5.32 Å². The smallest absolute Gasteiger partial charge is 0.287 e. The molecule has 30 heavy (non-hydrogen) atoms. The largest absolute Gasteiger partial charge is 0.450 e. The minimum Gasteiger partial charge on any atom is -0.450 e. The number of quaternary nitrogens is 1. The number of carbonyl (C=O) groups excluding carboxylic acids is 1. The van der Waals surface area contributed by atoms with E-state index in [4.69, 9.17) is 4.42 Å². The van der Waals surface area contributed by atoms with E-state index >= 15 is 0 Å². The van der Waals surface area contributed by atoms with Crippen LogP contribution >= 0.6 is 0 Å². The number of furan rings is 1. The summed E-state index contributed by atoms with van der Waals surface area (Å²) in [5.74, 6) is 0.596. The van der Waals surface area contributed by atoms with Gasteiger partial charge in [0.15, 0.2) is 11.5 Å². The fraction of sp³-hybridized carbons (Fsp3) is 0.320. The summed E-state index contributed by atoms with van der Waals surface area (Å²) in [5.41, 5.74) is 2.05. The Bertz CT molecular complexity index is 959. The first kappa shape index (κ1) is 21.8. The Kier molecular flexibility index (Phi) is 6.73. The molecule has 1 heterocycles. The van der Waals surface area contributed by atoms with Gasteiger partial charge in [-0.25, -0.2) is 4.39 Å².